The zero-order chi connectivity index (χ0) is 57.9. The third-order valence-electron chi connectivity index (χ3n) is 14.7. The number of hydrogen-bond donors (Lipinski definition) is 2. The van der Waals surface area contributed by atoms with Crippen molar-refractivity contribution in [2.75, 3.05) is 40.9 Å². The van der Waals surface area contributed by atoms with Gasteiger partial charge in [-0.2, -0.15) is 0 Å². The standard InChI is InChI=1S/C69H127N2O7P/c1-7-10-13-16-19-22-25-28-30-32-33-34-35-36-37-39-41-44-47-50-53-56-59-62-69(73)78-67(60-57-54-51-48-45-42-27-24-21-18-15-12-9-3)66(65-77-79(74,75)76-64-63-71(4,5)6)70-68(72)61-58-55-52-49-46-43-40-38-31-29-26-23-20-17-14-11-8-2/h10,13,19,22,28,30,33-34,36-37,57,60,66-67H,7-9,11-12,14-18,20-21,23-27,29,31-32,35,38-56,58-59,61-65H2,1-6H3,(H-,70,72,74,75)/p+1/b13-10-,22-19-,30-28-,34-33-,37-36-,60-57+. The first kappa shape index (κ1) is 76.5. The van der Waals surface area contributed by atoms with Gasteiger partial charge in [-0.05, 0) is 76.7 Å². The molecule has 0 saturated carbocycles. The smallest absolute Gasteiger partial charge is 0.456 e. The Hall–Kier alpha value is -2.55. The molecule has 0 aliphatic carbocycles. The van der Waals surface area contributed by atoms with Gasteiger partial charge in [0.2, 0.25) is 5.91 Å². The lowest BCUT2D eigenvalue weighted by molar-refractivity contribution is -0.870. The maximum Gasteiger partial charge on any atom is 0.472 e. The Morgan fingerprint density at radius 1 is 0.456 bits per heavy atom. The number of esters is 1. The van der Waals surface area contributed by atoms with Crippen molar-refractivity contribution in [2.45, 2.75) is 315 Å². The first-order valence-corrected chi connectivity index (χ1v) is 34.8. The molecule has 3 unspecified atom stereocenters. The fourth-order valence-electron chi connectivity index (χ4n) is 9.56. The molecule has 10 heteroatoms. The van der Waals surface area contributed by atoms with E-state index >= 15 is 0 Å². The molecule has 0 heterocycles. The number of allylic oxidation sites excluding steroid dienone is 11. The third-order valence-corrected chi connectivity index (χ3v) is 15.6. The highest BCUT2D eigenvalue weighted by Gasteiger charge is 2.30. The second-order valence-electron chi connectivity index (χ2n) is 23.6. The molecule has 0 aliphatic heterocycles. The van der Waals surface area contributed by atoms with Crippen molar-refractivity contribution in [1.82, 2.24) is 5.32 Å². The van der Waals surface area contributed by atoms with Crippen LogP contribution in [0.15, 0.2) is 72.9 Å². The quantitative estimate of drug-likeness (QED) is 0.0205. The monoisotopic (exact) mass is 1130 g/mol. The predicted molar refractivity (Wildman–Crippen MR) is 341 cm³/mol. The number of amides is 1. The van der Waals surface area contributed by atoms with Crippen LogP contribution in [-0.2, 0) is 27.9 Å². The summed E-state index contributed by atoms with van der Waals surface area (Å²) in [4.78, 5) is 37.8. The van der Waals surface area contributed by atoms with Crippen molar-refractivity contribution in [3.63, 3.8) is 0 Å². The number of unbranched alkanes of at least 4 members (excludes halogenated alkanes) is 34. The average molecular weight is 1130 g/mol. The molecule has 0 rings (SSSR count). The molecular weight excluding hydrogens is 1000 g/mol. The molecule has 2 N–H and O–H groups in total. The molecule has 0 spiro atoms. The molecule has 0 aromatic rings. The Bertz CT molecular complexity index is 1580. The Labute approximate surface area is 489 Å². The molecule has 0 radical (unpaired) electrons. The van der Waals surface area contributed by atoms with Gasteiger partial charge in [0.05, 0.1) is 33.8 Å². The summed E-state index contributed by atoms with van der Waals surface area (Å²) in [7, 11) is 1.49. The first-order chi connectivity index (χ1) is 38.4. The molecule has 3 atom stereocenters. The fraction of sp³-hybridized carbons (Fsp3) is 0.797. The van der Waals surface area contributed by atoms with E-state index in [1.54, 1.807) is 0 Å². The molecule has 460 valence electrons. The van der Waals surface area contributed by atoms with Gasteiger partial charge in [0, 0.05) is 12.8 Å². The maximum atomic E-state index is 13.6. The largest absolute Gasteiger partial charge is 0.472 e. The number of rotatable bonds is 60. The Morgan fingerprint density at radius 2 is 0.810 bits per heavy atom. The Morgan fingerprint density at radius 3 is 1.22 bits per heavy atom. The van der Waals surface area contributed by atoms with Crippen LogP contribution in [0.5, 0.6) is 0 Å². The van der Waals surface area contributed by atoms with Crippen LogP contribution in [0.25, 0.3) is 0 Å². The predicted octanol–water partition coefficient (Wildman–Crippen LogP) is 20.8. The van der Waals surface area contributed by atoms with Crippen LogP contribution in [0.3, 0.4) is 0 Å². The van der Waals surface area contributed by atoms with Gasteiger partial charge in [-0.1, -0.05) is 287 Å². The van der Waals surface area contributed by atoms with Gasteiger partial charge in [0.1, 0.15) is 19.3 Å². The van der Waals surface area contributed by atoms with E-state index in [0.717, 1.165) is 103 Å². The normalized spacial score (nSPS) is 14.1. The number of likely N-dealkylation sites (N-methyl/N-ethyl adjacent to an activating group) is 1. The summed E-state index contributed by atoms with van der Waals surface area (Å²) < 4.78 is 30.8. The first-order valence-electron chi connectivity index (χ1n) is 33.3. The van der Waals surface area contributed by atoms with Gasteiger partial charge < -0.3 is 19.4 Å². The summed E-state index contributed by atoms with van der Waals surface area (Å²) in [6.07, 6.45) is 76.1. The molecule has 9 nitrogen and oxygen atoms in total. The highest BCUT2D eigenvalue weighted by atomic mass is 31.2. The van der Waals surface area contributed by atoms with E-state index in [4.69, 9.17) is 13.8 Å². The van der Waals surface area contributed by atoms with Crippen LogP contribution in [-0.4, -0.2) is 74.3 Å². The number of phosphoric ester groups is 1. The molecular formula is C69H128N2O7P+. The average Bonchev–Trinajstić information content (AvgIpc) is 3.41. The van der Waals surface area contributed by atoms with E-state index in [9.17, 15) is 19.0 Å². The number of nitrogens with zero attached hydrogens (tertiary/aromatic N) is 1. The van der Waals surface area contributed by atoms with Crippen LogP contribution < -0.4 is 5.32 Å². The van der Waals surface area contributed by atoms with Crippen molar-refractivity contribution in [2.24, 2.45) is 0 Å². The minimum atomic E-state index is -4.45. The Balaban J connectivity index is 5.21. The zero-order valence-electron chi connectivity index (χ0n) is 52.6. The molecule has 0 bridgehead atoms. The van der Waals surface area contributed by atoms with E-state index < -0.39 is 20.0 Å². The van der Waals surface area contributed by atoms with E-state index in [1.165, 1.54) is 167 Å². The number of quaternary nitrogens is 1. The van der Waals surface area contributed by atoms with Gasteiger partial charge in [-0.3, -0.25) is 18.6 Å². The lowest BCUT2D eigenvalue weighted by atomic mass is 10.0. The minimum Gasteiger partial charge on any atom is -0.456 e. The molecule has 0 aromatic carbocycles. The number of hydrogen-bond acceptors (Lipinski definition) is 6. The number of carbonyl (C=O) groups is 2. The van der Waals surface area contributed by atoms with Crippen LogP contribution in [0.4, 0.5) is 0 Å². The van der Waals surface area contributed by atoms with Crippen LogP contribution >= 0.6 is 7.82 Å². The molecule has 0 aliphatic rings. The lowest BCUT2D eigenvalue weighted by Gasteiger charge is -2.27. The number of nitrogens with one attached hydrogen (secondary N) is 1. The van der Waals surface area contributed by atoms with E-state index in [2.05, 4.69) is 86.8 Å². The van der Waals surface area contributed by atoms with Crippen molar-refractivity contribution in [1.29, 1.82) is 0 Å². The topological polar surface area (TPSA) is 111 Å². The Kier molecular flexibility index (Phi) is 56.7. The SMILES string of the molecule is CC/C=C\C/C=C\C/C=C\C/C=C\C/C=C\CCCCCCCCCC(=O)OC(/C=C/CCCCCCCCCCCCC)C(COP(=O)(O)OCC[N+](C)(C)C)NC(=O)CCCCCCCCCCCCCCCCCCC. The summed E-state index contributed by atoms with van der Waals surface area (Å²) in [5, 5.41) is 3.07. The second kappa shape index (κ2) is 58.6. The highest BCUT2D eigenvalue weighted by molar-refractivity contribution is 7.47. The zero-order valence-corrected chi connectivity index (χ0v) is 53.5. The summed E-state index contributed by atoms with van der Waals surface area (Å²) in [5.41, 5.74) is 0. The van der Waals surface area contributed by atoms with Crippen molar-refractivity contribution in [3.8, 4) is 0 Å². The molecule has 0 fully saturated rings. The molecule has 0 aromatic heterocycles. The summed E-state index contributed by atoms with van der Waals surface area (Å²) in [6.45, 7) is 6.92. The number of ether oxygens (including phenoxy) is 1. The maximum absolute atomic E-state index is 13.6. The third kappa shape index (κ3) is 59.9. The molecule has 79 heavy (non-hydrogen) atoms. The molecule has 0 saturated heterocycles. The van der Waals surface area contributed by atoms with Gasteiger partial charge in [-0.25, -0.2) is 4.57 Å². The summed E-state index contributed by atoms with van der Waals surface area (Å²) >= 11 is 0. The van der Waals surface area contributed by atoms with Gasteiger partial charge in [0.25, 0.3) is 0 Å². The van der Waals surface area contributed by atoms with Crippen molar-refractivity contribution >= 4 is 19.7 Å². The van der Waals surface area contributed by atoms with Gasteiger partial charge >= 0.3 is 13.8 Å². The van der Waals surface area contributed by atoms with Crippen LogP contribution in [0.2, 0.25) is 0 Å². The number of carbonyl (C=O) groups excluding carboxylic acids is 2. The van der Waals surface area contributed by atoms with Gasteiger partial charge in [0.15, 0.2) is 0 Å². The van der Waals surface area contributed by atoms with E-state index in [1.807, 2.05) is 33.3 Å². The second-order valence-corrected chi connectivity index (χ2v) is 25.1. The fourth-order valence-corrected chi connectivity index (χ4v) is 10.3. The highest BCUT2D eigenvalue weighted by Crippen LogP contribution is 2.43. The van der Waals surface area contributed by atoms with Gasteiger partial charge in [-0.15, -0.1) is 0 Å². The number of phosphoric acid groups is 1. The van der Waals surface area contributed by atoms with Crippen LogP contribution in [0.1, 0.15) is 303 Å². The minimum absolute atomic E-state index is 0.0377. The molecule has 1 amide bonds. The van der Waals surface area contributed by atoms with Crippen molar-refractivity contribution < 1.29 is 37.3 Å². The summed E-state index contributed by atoms with van der Waals surface area (Å²) in [6, 6.07) is -0.854. The van der Waals surface area contributed by atoms with Crippen LogP contribution in [0, 0.1) is 0 Å². The van der Waals surface area contributed by atoms with Crippen molar-refractivity contribution in [3.05, 3.63) is 72.9 Å². The van der Waals surface area contributed by atoms with E-state index in [0.29, 0.717) is 17.4 Å². The van der Waals surface area contributed by atoms with E-state index in [-0.39, 0.29) is 31.5 Å². The lowest BCUT2D eigenvalue weighted by Crippen LogP contribution is -2.47. The summed E-state index contributed by atoms with van der Waals surface area (Å²) in [5.74, 6) is -0.508.